The number of rotatable bonds is 7. The van der Waals surface area contributed by atoms with E-state index in [0.717, 1.165) is 19.3 Å². The Hall–Kier alpha value is -1.39. The van der Waals surface area contributed by atoms with Gasteiger partial charge in [-0.25, -0.2) is 0 Å². The molecule has 4 nitrogen and oxygen atoms in total. The van der Waals surface area contributed by atoms with Crippen molar-refractivity contribution < 1.29 is 19.4 Å². The smallest absolute Gasteiger partial charge is 0.308 e. The van der Waals surface area contributed by atoms with Crippen molar-refractivity contribution in [3.8, 4) is 0 Å². The second-order valence-corrected chi connectivity index (χ2v) is 5.89. The quantitative estimate of drug-likeness (QED) is 0.787. The summed E-state index contributed by atoms with van der Waals surface area (Å²) >= 11 is 0. The summed E-state index contributed by atoms with van der Waals surface area (Å²) in [5, 5.41) is 9.98. The molecule has 0 spiro atoms. The van der Waals surface area contributed by atoms with Gasteiger partial charge < -0.3 is 14.6 Å². The number of benzene rings is 1. The molecule has 1 aliphatic rings. The molecular formula is C18H26O4. The summed E-state index contributed by atoms with van der Waals surface area (Å²) in [5.74, 6) is -0.246. The van der Waals surface area contributed by atoms with Crippen molar-refractivity contribution >= 4 is 5.97 Å². The number of hydrogen-bond donors (Lipinski definition) is 1. The Morgan fingerprint density at radius 1 is 1.27 bits per heavy atom. The van der Waals surface area contributed by atoms with Crippen LogP contribution < -0.4 is 0 Å². The third kappa shape index (κ3) is 5.78. The maximum atomic E-state index is 11.5. The zero-order valence-electron chi connectivity index (χ0n) is 13.2. The average Bonchev–Trinajstić information content (AvgIpc) is 2.48. The van der Waals surface area contributed by atoms with Gasteiger partial charge in [-0.05, 0) is 38.2 Å². The summed E-state index contributed by atoms with van der Waals surface area (Å²) in [6.07, 6.45) is 3.80. The maximum Gasteiger partial charge on any atom is 0.308 e. The van der Waals surface area contributed by atoms with Gasteiger partial charge in [-0.15, -0.1) is 0 Å². The first kappa shape index (κ1) is 17.0. The van der Waals surface area contributed by atoms with E-state index in [1.807, 2.05) is 18.2 Å². The molecule has 1 N–H and O–H groups in total. The first-order valence-electron chi connectivity index (χ1n) is 8.20. The molecule has 1 fully saturated rings. The number of aliphatic hydroxyl groups is 1. The van der Waals surface area contributed by atoms with E-state index in [1.54, 1.807) is 6.92 Å². The fraction of sp³-hybridized carbons (Fsp3) is 0.611. The molecule has 0 aliphatic carbocycles. The molecule has 0 unspecified atom stereocenters. The van der Waals surface area contributed by atoms with Crippen LogP contribution in [0, 0.1) is 0 Å². The molecule has 0 saturated carbocycles. The van der Waals surface area contributed by atoms with Crippen LogP contribution in [0.1, 0.15) is 44.6 Å². The molecule has 1 heterocycles. The topological polar surface area (TPSA) is 55.8 Å². The second kappa shape index (κ2) is 8.91. The molecule has 3 atom stereocenters. The molecule has 1 aromatic carbocycles. The molecule has 0 amide bonds. The van der Waals surface area contributed by atoms with E-state index in [-0.39, 0.29) is 30.7 Å². The third-order valence-electron chi connectivity index (χ3n) is 3.99. The summed E-state index contributed by atoms with van der Waals surface area (Å²) in [6.45, 7) is 2.18. The lowest BCUT2D eigenvalue weighted by atomic mass is 9.95. The Balaban J connectivity index is 1.74. The van der Waals surface area contributed by atoms with Gasteiger partial charge in [0.15, 0.2) is 0 Å². The summed E-state index contributed by atoms with van der Waals surface area (Å²) in [5.41, 5.74) is 1.32. The van der Waals surface area contributed by atoms with Crippen molar-refractivity contribution in [2.24, 2.45) is 0 Å². The minimum absolute atomic E-state index is 0.0342. The fourth-order valence-electron chi connectivity index (χ4n) is 2.99. The van der Waals surface area contributed by atoms with Gasteiger partial charge in [0.05, 0.1) is 31.3 Å². The van der Waals surface area contributed by atoms with Crippen LogP contribution in [0.25, 0.3) is 0 Å². The van der Waals surface area contributed by atoms with E-state index < -0.39 is 0 Å². The Labute approximate surface area is 132 Å². The van der Waals surface area contributed by atoms with Gasteiger partial charge in [0.2, 0.25) is 0 Å². The molecule has 0 aromatic heterocycles. The van der Waals surface area contributed by atoms with Gasteiger partial charge in [-0.2, -0.15) is 0 Å². The van der Waals surface area contributed by atoms with Gasteiger partial charge in [-0.3, -0.25) is 4.79 Å². The SMILES string of the molecule is CCOC(=O)C[C@@H]1C[C@H](O)C[C@H](CCCc2ccccc2)O1. The van der Waals surface area contributed by atoms with Gasteiger partial charge in [0, 0.05) is 6.42 Å². The van der Waals surface area contributed by atoms with Crippen LogP contribution >= 0.6 is 0 Å². The normalized spacial score (nSPS) is 24.9. The number of aliphatic hydroxyl groups excluding tert-OH is 1. The maximum absolute atomic E-state index is 11.5. The highest BCUT2D eigenvalue weighted by Gasteiger charge is 2.29. The Bertz CT molecular complexity index is 446. The van der Waals surface area contributed by atoms with Crippen LogP contribution in [0.2, 0.25) is 0 Å². The van der Waals surface area contributed by atoms with Crippen molar-refractivity contribution in [2.75, 3.05) is 6.61 Å². The van der Waals surface area contributed by atoms with Crippen molar-refractivity contribution in [3.63, 3.8) is 0 Å². The molecule has 1 saturated heterocycles. The standard InChI is InChI=1S/C18H26O4/c1-2-21-18(20)13-17-12-15(19)11-16(22-17)10-6-9-14-7-4-3-5-8-14/h3-5,7-8,15-17,19H,2,6,9-13H2,1H3/t15-,16+,17+/m1/s1. The van der Waals surface area contributed by atoms with Crippen LogP contribution in [0.5, 0.6) is 0 Å². The highest BCUT2D eigenvalue weighted by molar-refractivity contribution is 5.69. The van der Waals surface area contributed by atoms with Crippen LogP contribution in [0.3, 0.4) is 0 Å². The molecule has 22 heavy (non-hydrogen) atoms. The molecule has 122 valence electrons. The monoisotopic (exact) mass is 306 g/mol. The van der Waals surface area contributed by atoms with E-state index in [0.29, 0.717) is 19.4 Å². The van der Waals surface area contributed by atoms with Crippen molar-refractivity contribution in [1.29, 1.82) is 0 Å². The summed E-state index contributed by atoms with van der Waals surface area (Å²) in [7, 11) is 0. The first-order chi connectivity index (χ1) is 10.7. The molecule has 4 heteroatoms. The molecule has 0 bridgehead atoms. The van der Waals surface area contributed by atoms with E-state index in [1.165, 1.54) is 5.56 Å². The van der Waals surface area contributed by atoms with E-state index >= 15 is 0 Å². The molecule has 0 radical (unpaired) electrons. The number of carbonyl (C=O) groups is 1. The highest BCUT2D eigenvalue weighted by atomic mass is 16.5. The van der Waals surface area contributed by atoms with E-state index in [9.17, 15) is 9.90 Å². The van der Waals surface area contributed by atoms with Crippen LogP contribution in [-0.4, -0.2) is 36.0 Å². The first-order valence-corrected chi connectivity index (χ1v) is 8.20. The highest BCUT2D eigenvalue weighted by Crippen LogP contribution is 2.25. The Morgan fingerprint density at radius 2 is 2.00 bits per heavy atom. The van der Waals surface area contributed by atoms with Crippen molar-refractivity contribution in [1.82, 2.24) is 0 Å². The van der Waals surface area contributed by atoms with Crippen LogP contribution in [0.4, 0.5) is 0 Å². The average molecular weight is 306 g/mol. The van der Waals surface area contributed by atoms with Crippen molar-refractivity contribution in [2.45, 2.75) is 63.8 Å². The van der Waals surface area contributed by atoms with E-state index in [4.69, 9.17) is 9.47 Å². The number of aryl methyl sites for hydroxylation is 1. The Kier molecular flexibility index (Phi) is 6.87. The second-order valence-electron chi connectivity index (χ2n) is 5.89. The lowest BCUT2D eigenvalue weighted by Gasteiger charge is -2.33. The number of carbonyl (C=O) groups excluding carboxylic acids is 1. The summed E-state index contributed by atoms with van der Waals surface area (Å²) < 4.78 is 10.9. The van der Waals surface area contributed by atoms with Gasteiger partial charge >= 0.3 is 5.97 Å². The Morgan fingerprint density at radius 3 is 2.73 bits per heavy atom. The third-order valence-corrected chi connectivity index (χ3v) is 3.99. The van der Waals surface area contributed by atoms with Crippen LogP contribution in [0.15, 0.2) is 30.3 Å². The minimum atomic E-state index is -0.380. The number of esters is 1. The van der Waals surface area contributed by atoms with Gasteiger partial charge in [0.25, 0.3) is 0 Å². The summed E-state index contributed by atoms with van der Waals surface area (Å²) in [4.78, 5) is 11.5. The van der Waals surface area contributed by atoms with Gasteiger partial charge in [0.1, 0.15) is 0 Å². The van der Waals surface area contributed by atoms with Crippen molar-refractivity contribution in [3.05, 3.63) is 35.9 Å². The summed E-state index contributed by atoms with van der Waals surface area (Å²) in [6, 6.07) is 10.4. The predicted octanol–water partition coefficient (Wildman–Crippen LogP) is 2.87. The zero-order chi connectivity index (χ0) is 15.8. The lowest BCUT2D eigenvalue weighted by Crippen LogP contribution is -2.37. The number of hydrogen-bond acceptors (Lipinski definition) is 4. The molecule has 1 aromatic rings. The fourth-order valence-corrected chi connectivity index (χ4v) is 2.99. The predicted molar refractivity (Wildman–Crippen MR) is 84.5 cm³/mol. The lowest BCUT2D eigenvalue weighted by molar-refractivity contribution is -0.152. The van der Waals surface area contributed by atoms with Gasteiger partial charge in [-0.1, -0.05) is 30.3 Å². The molecule has 1 aliphatic heterocycles. The molecular weight excluding hydrogens is 280 g/mol. The zero-order valence-corrected chi connectivity index (χ0v) is 13.2. The largest absolute Gasteiger partial charge is 0.466 e. The minimum Gasteiger partial charge on any atom is -0.466 e. The van der Waals surface area contributed by atoms with Crippen LogP contribution in [-0.2, 0) is 20.7 Å². The van der Waals surface area contributed by atoms with E-state index in [2.05, 4.69) is 12.1 Å². The molecule has 2 rings (SSSR count). The number of ether oxygens (including phenoxy) is 2.